The Hall–Kier alpha value is 2.06. The van der Waals surface area contributed by atoms with Crippen LogP contribution >= 0.6 is 0 Å². The van der Waals surface area contributed by atoms with E-state index in [1.807, 2.05) is 0 Å². The normalized spacial score (nSPS) is 8.57. The fourth-order valence-electron chi connectivity index (χ4n) is 0. The van der Waals surface area contributed by atoms with Crippen LogP contribution in [0.15, 0.2) is 0 Å². The molecule has 0 fully saturated rings. The summed E-state index contributed by atoms with van der Waals surface area (Å²) in [6.45, 7) is 0. The molecule has 0 aliphatic carbocycles. The molecular weight excluding hydrogens is 240 g/mol. The molecule has 4 nitrogen and oxygen atoms in total. The third-order valence-corrected chi connectivity index (χ3v) is 0. The van der Waals surface area contributed by atoms with Gasteiger partial charge in [-0.2, -0.15) is 0 Å². The van der Waals surface area contributed by atoms with Gasteiger partial charge in [0, 0.05) is 22.4 Å². The van der Waals surface area contributed by atoms with Gasteiger partial charge in [-0.15, -0.1) is 0 Å². The van der Waals surface area contributed by atoms with Crippen LogP contribution in [-0.4, -0.2) is 66.0 Å². The van der Waals surface area contributed by atoms with E-state index in [0.717, 1.165) is 0 Å². The molecule has 0 aromatic rings. The van der Waals surface area contributed by atoms with Crippen LogP contribution in [-0.2, 0) is 22.4 Å². The number of rotatable bonds is 0. The van der Waals surface area contributed by atoms with Crippen molar-refractivity contribution in [1.29, 1.82) is 0 Å². The van der Waals surface area contributed by atoms with Crippen LogP contribution in [0.4, 0.5) is 0 Å². The van der Waals surface area contributed by atoms with Crippen LogP contribution < -0.4 is 0 Å². The molecule has 0 spiro atoms. The molecule has 0 rings (SSSR count). The molecule has 1 radical (unpaired) electrons. The summed E-state index contributed by atoms with van der Waals surface area (Å²) in [5, 5.41) is 0. The first-order valence-electron chi connectivity index (χ1n) is 0.894. The van der Waals surface area contributed by atoms with Crippen molar-refractivity contribution >= 4 is 46.8 Å². The summed E-state index contributed by atoms with van der Waals surface area (Å²) in [7, 11) is -4.61. The third-order valence-electron chi connectivity index (χ3n) is 0. The Bertz CT molecular complexity index is 34.0. The van der Waals surface area contributed by atoms with Crippen LogP contribution in [0.3, 0.4) is 0 Å². The van der Waals surface area contributed by atoms with E-state index in [0.29, 0.717) is 0 Å². The minimum absolute atomic E-state index is 0. The number of hydrogen-bond donors (Lipinski definition) is 4. The maximum absolute atomic E-state index is 7.33. The fraction of sp³-hybridized carbons (Fsp3) is 0. The molecule has 7 heavy (non-hydrogen) atoms. The molecule has 7 heteroatoms. The first-order valence-corrected chi connectivity index (χ1v) is 2.68. The molecule has 47 valence electrons. The second-order valence-corrected chi connectivity index (χ2v) is 1.80. The van der Waals surface area contributed by atoms with Gasteiger partial charge < -0.3 is 22.0 Å². The van der Waals surface area contributed by atoms with Crippen molar-refractivity contribution < 1.29 is 44.4 Å². The summed E-state index contributed by atoms with van der Waals surface area (Å²) in [6.07, 6.45) is 0. The monoisotopic (exact) mass is 245 g/mol. The quantitative estimate of drug-likeness (QED) is 0.349. The standard InChI is InChI=1S/Ag.Ca.H4O4Si.2H/c;;1-5(2,3)4;;/h;;1-4H;;/q;+2;;2*-1. The van der Waals surface area contributed by atoms with Gasteiger partial charge in [-0.05, 0) is 0 Å². The van der Waals surface area contributed by atoms with E-state index < -0.39 is 9.05 Å². The summed E-state index contributed by atoms with van der Waals surface area (Å²) in [5.41, 5.74) is 0. The molecule has 0 heterocycles. The Morgan fingerprint density at radius 2 is 1.00 bits per heavy atom. The second kappa shape index (κ2) is 6.18. The van der Waals surface area contributed by atoms with Gasteiger partial charge in [0.15, 0.2) is 0 Å². The molecule has 0 saturated heterocycles. The van der Waals surface area contributed by atoms with E-state index in [1.54, 1.807) is 0 Å². The first-order chi connectivity index (χ1) is 2.00. The summed E-state index contributed by atoms with van der Waals surface area (Å²) in [4.78, 5) is 29.3. The molecule has 0 aromatic heterocycles. The summed E-state index contributed by atoms with van der Waals surface area (Å²) in [5.74, 6) is 0. The van der Waals surface area contributed by atoms with E-state index in [9.17, 15) is 0 Å². The second-order valence-electron chi connectivity index (χ2n) is 0.600. The van der Waals surface area contributed by atoms with Crippen LogP contribution in [0.5, 0.6) is 0 Å². The van der Waals surface area contributed by atoms with Gasteiger partial charge in [-0.3, -0.25) is 0 Å². The largest absolute Gasteiger partial charge is 2.00 e. The maximum Gasteiger partial charge on any atom is 2.00 e. The van der Waals surface area contributed by atoms with Crippen LogP contribution in [0.1, 0.15) is 2.85 Å². The van der Waals surface area contributed by atoms with E-state index in [-0.39, 0.29) is 63.0 Å². The Kier molecular flexibility index (Phi) is 14.2. The molecule has 0 aliphatic heterocycles. The molecule has 4 N–H and O–H groups in total. The predicted octanol–water partition coefficient (Wildman–Crippen LogP) is -2.77. The average molecular weight is 246 g/mol. The first kappa shape index (κ1) is 16.0. The van der Waals surface area contributed by atoms with Crippen molar-refractivity contribution in [3.63, 3.8) is 0 Å². The predicted molar refractivity (Wildman–Crippen MR) is 22.6 cm³/mol. The number of hydrogen-bond acceptors (Lipinski definition) is 4. The smallest absolute Gasteiger partial charge is 1.00 e. The Morgan fingerprint density at radius 3 is 1.00 bits per heavy atom. The Labute approximate surface area is 90.1 Å². The summed E-state index contributed by atoms with van der Waals surface area (Å²) < 4.78 is 0. The maximum atomic E-state index is 7.33. The topological polar surface area (TPSA) is 80.9 Å². The molecule has 0 unspecified atom stereocenters. The fourth-order valence-corrected chi connectivity index (χ4v) is 0. The van der Waals surface area contributed by atoms with Crippen LogP contribution in [0.2, 0.25) is 0 Å². The molecule has 0 amide bonds. The zero-order valence-electron chi connectivity index (χ0n) is 5.30. The van der Waals surface area contributed by atoms with Crippen molar-refractivity contribution in [1.82, 2.24) is 0 Å². The molecule has 0 aliphatic rings. The minimum atomic E-state index is -4.61. The van der Waals surface area contributed by atoms with E-state index in [4.69, 9.17) is 19.2 Å². The van der Waals surface area contributed by atoms with E-state index in [1.165, 1.54) is 0 Å². The minimum Gasteiger partial charge on any atom is -1.00 e. The van der Waals surface area contributed by atoms with Crippen molar-refractivity contribution in [3.8, 4) is 0 Å². The zero-order valence-corrected chi connectivity index (χ0v) is 7.99. The molecule has 0 atom stereocenters. The van der Waals surface area contributed by atoms with Crippen LogP contribution in [0.25, 0.3) is 0 Å². The molecule has 0 bridgehead atoms. The summed E-state index contributed by atoms with van der Waals surface area (Å²) in [6, 6.07) is 0. The molecule has 0 saturated carbocycles. The van der Waals surface area contributed by atoms with E-state index >= 15 is 0 Å². The molecular formula is H6AgCaO4Si. The van der Waals surface area contributed by atoms with Gasteiger partial charge in [-0.1, -0.05) is 0 Å². The summed E-state index contributed by atoms with van der Waals surface area (Å²) >= 11 is 0. The van der Waals surface area contributed by atoms with Crippen LogP contribution in [0, 0.1) is 0 Å². The third kappa shape index (κ3) is 69.9. The van der Waals surface area contributed by atoms with Crippen molar-refractivity contribution in [2.45, 2.75) is 0 Å². The average Bonchev–Trinajstić information content (AvgIpc) is 0.722. The van der Waals surface area contributed by atoms with Gasteiger partial charge in [0.25, 0.3) is 0 Å². The van der Waals surface area contributed by atoms with Crippen molar-refractivity contribution in [2.24, 2.45) is 0 Å². The van der Waals surface area contributed by atoms with Gasteiger partial charge in [-0.25, -0.2) is 0 Å². The van der Waals surface area contributed by atoms with Gasteiger partial charge >= 0.3 is 46.8 Å². The van der Waals surface area contributed by atoms with Crippen molar-refractivity contribution in [2.75, 3.05) is 0 Å². The van der Waals surface area contributed by atoms with Gasteiger partial charge in [0.1, 0.15) is 0 Å². The SMILES string of the molecule is O[Si](O)(O)O.[Ag].[Ca+2].[H-].[H-]. The van der Waals surface area contributed by atoms with Gasteiger partial charge in [0.2, 0.25) is 0 Å². The zero-order chi connectivity index (χ0) is 4.50. The van der Waals surface area contributed by atoms with E-state index in [2.05, 4.69) is 0 Å². The van der Waals surface area contributed by atoms with Crippen molar-refractivity contribution in [3.05, 3.63) is 0 Å². The Morgan fingerprint density at radius 1 is 1.00 bits per heavy atom. The molecule has 0 aromatic carbocycles. The van der Waals surface area contributed by atoms with Gasteiger partial charge in [0.05, 0.1) is 0 Å². The Balaban J connectivity index is -0.0000000133.